The molecule has 3 atom stereocenters. The summed E-state index contributed by atoms with van der Waals surface area (Å²) in [5.74, 6) is -6.52. The number of fused-ring (bicyclic) bond motifs is 3. The Bertz CT molecular complexity index is 1380. The molecule has 0 aromatic heterocycles. The van der Waals surface area contributed by atoms with E-state index in [4.69, 9.17) is 11.5 Å². The smallest absolute Gasteiger partial charge is 0.255 e. The van der Waals surface area contributed by atoms with Gasteiger partial charge in [0.05, 0.1) is 5.56 Å². The molecular weight excluding hydrogens is 452 g/mol. The largest absolute Gasteiger partial charge is 0.508 e. The first-order valence-corrected chi connectivity index (χ1v) is 11.2. The van der Waals surface area contributed by atoms with Crippen LogP contribution in [0.15, 0.2) is 53.3 Å². The zero-order valence-electron chi connectivity index (χ0n) is 18.6. The normalized spacial score (nSPS) is 25.8. The Balaban J connectivity index is 1.75. The van der Waals surface area contributed by atoms with Gasteiger partial charge in [0.1, 0.15) is 22.8 Å². The summed E-state index contributed by atoms with van der Waals surface area (Å²) in [6.07, 6.45) is -0.0432. The van der Waals surface area contributed by atoms with Crippen LogP contribution in [0, 0.1) is 11.8 Å². The molecule has 0 radical (unpaired) electrons. The topological polar surface area (TPSA) is 184 Å². The van der Waals surface area contributed by atoms with Crippen molar-refractivity contribution in [3.8, 4) is 16.9 Å². The number of carbonyl (C=O) groups excluding carboxylic acids is 3. The molecule has 3 aliphatic carbocycles. The quantitative estimate of drug-likeness (QED) is 0.360. The van der Waals surface area contributed by atoms with Crippen molar-refractivity contribution in [2.75, 3.05) is 0 Å². The van der Waals surface area contributed by atoms with E-state index >= 15 is 0 Å². The maximum atomic E-state index is 13.6. The fraction of sp³-hybridized carbons (Fsp3) is 0.269. The molecule has 2 aromatic carbocycles. The highest BCUT2D eigenvalue weighted by Gasteiger charge is 2.60. The van der Waals surface area contributed by atoms with Crippen molar-refractivity contribution in [1.29, 1.82) is 0 Å². The van der Waals surface area contributed by atoms with Gasteiger partial charge in [-0.2, -0.15) is 0 Å². The predicted octanol–water partition coefficient (Wildman–Crippen LogP) is 1.55. The van der Waals surface area contributed by atoms with Crippen molar-refractivity contribution < 1.29 is 34.8 Å². The number of phenols is 1. The Kier molecular flexibility index (Phi) is 5.08. The van der Waals surface area contributed by atoms with Gasteiger partial charge in [-0.3, -0.25) is 14.4 Å². The van der Waals surface area contributed by atoms with Gasteiger partial charge in [-0.1, -0.05) is 30.3 Å². The molecule has 35 heavy (non-hydrogen) atoms. The Hall–Kier alpha value is -3.95. The Morgan fingerprint density at radius 2 is 1.77 bits per heavy atom. The number of aromatic hydroxyl groups is 1. The van der Waals surface area contributed by atoms with Gasteiger partial charge in [-0.15, -0.1) is 0 Å². The molecule has 0 bridgehead atoms. The van der Waals surface area contributed by atoms with Gasteiger partial charge in [0.15, 0.2) is 11.4 Å². The van der Waals surface area contributed by atoms with Crippen molar-refractivity contribution in [3.63, 3.8) is 0 Å². The van der Waals surface area contributed by atoms with Crippen LogP contribution < -0.4 is 11.5 Å². The molecule has 8 N–H and O–H groups in total. The lowest BCUT2D eigenvalue weighted by atomic mass is 9.59. The number of hydrogen-bond donors (Lipinski definition) is 6. The maximum Gasteiger partial charge on any atom is 0.255 e. The van der Waals surface area contributed by atoms with E-state index in [9.17, 15) is 34.8 Å². The van der Waals surface area contributed by atoms with Crippen molar-refractivity contribution >= 4 is 23.2 Å². The molecule has 0 heterocycles. The Labute approximate surface area is 200 Å². The van der Waals surface area contributed by atoms with Gasteiger partial charge in [-0.25, -0.2) is 0 Å². The number of rotatable bonds is 3. The molecule has 9 heteroatoms. The van der Waals surface area contributed by atoms with Crippen LogP contribution in [0.5, 0.6) is 5.75 Å². The first-order valence-electron chi connectivity index (χ1n) is 11.2. The number of aliphatic hydroxyl groups excluding tert-OH is 2. The summed E-state index contributed by atoms with van der Waals surface area (Å²) >= 11 is 0. The third-order valence-electron chi connectivity index (χ3n) is 7.45. The molecule has 3 aliphatic rings. The predicted molar refractivity (Wildman–Crippen MR) is 125 cm³/mol. The lowest BCUT2D eigenvalue weighted by Gasteiger charge is -2.46. The zero-order chi connectivity index (χ0) is 25.2. The number of ketones is 2. The van der Waals surface area contributed by atoms with Gasteiger partial charge in [0.2, 0.25) is 5.78 Å². The van der Waals surface area contributed by atoms with Crippen LogP contribution in [0.1, 0.15) is 29.5 Å². The zero-order valence-corrected chi connectivity index (χ0v) is 18.6. The molecule has 9 nitrogen and oxygen atoms in total. The molecule has 0 aliphatic heterocycles. The molecular formula is C26H24N2O7. The third-order valence-corrected chi connectivity index (χ3v) is 7.45. The van der Waals surface area contributed by atoms with Crippen molar-refractivity contribution in [2.45, 2.75) is 31.4 Å². The summed E-state index contributed by atoms with van der Waals surface area (Å²) in [6.45, 7) is -0.0292. The minimum absolute atomic E-state index is 0.0292. The van der Waals surface area contributed by atoms with Gasteiger partial charge >= 0.3 is 0 Å². The minimum Gasteiger partial charge on any atom is -0.508 e. The number of hydrogen-bond acceptors (Lipinski definition) is 8. The Morgan fingerprint density at radius 3 is 2.40 bits per heavy atom. The molecule has 180 valence electrons. The number of amides is 1. The van der Waals surface area contributed by atoms with Gasteiger partial charge < -0.3 is 31.9 Å². The minimum atomic E-state index is -2.58. The second-order valence-electron chi connectivity index (χ2n) is 9.26. The molecule has 2 aromatic rings. The maximum absolute atomic E-state index is 13.6. The van der Waals surface area contributed by atoms with E-state index < -0.39 is 52.0 Å². The van der Waals surface area contributed by atoms with Crippen LogP contribution >= 0.6 is 0 Å². The first-order chi connectivity index (χ1) is 16.6. The molecule has 1 fully saturated rings. The van der Waals surface area contributed by atoms with E-state index in [-0.39, 0.29) is 42.7 Å². The summed E-state index contributed by atoms with van der Waals surface area (Å²) in [6, 6.07) is 11.1. The standard InChI is InChI=1S/C26H24N2O7/c27-10-13-8-15(11-4-2-1-3-5-11)16-7-12-6-14-9-17(29)20(25(28)34)24(33)26(14,35)23(32)18(12)22(31)19(16)21(13)30/h1-5,8,12,14,30-31,33,35H,6-7,9-10,27H2,(H2,28,34)/t12?,14-,26-/m0/s1. The lowest BCUT2D eigenvalue weighted by molar-refractivity contribution is -0.147. The lowest BCUT2D eigenvalue weighted by Crippen LogP contribution is -2.58. The molecule has 0 spiro atoms. The van der Waals surface area contributed by atoms with Crippen LogP contribution in [0.25, 0.3) is 16.9 Å². The monoisotopic (exact) mass is 476 g/mol. The molecule has 1 amide bonds. The number of Topliss-reactive ketones (excluding diaryl/α,β-unsaturated/α-hetero) is 2. The second-order valence-corrected chi connectivity index (χ2v) is 9.26. The van der Waals surface area contributed by atoms with Crippen LogP contribution in [-0.2, 0) is 27.3 Å². The number of primary amides is 1. The van der Waals surface area contributed by atoms with Crippen LogP contribution in [-0.4, -0.2) is 43.5 Å². The number of aliphatic hydroxyl groups is 3. The van der Waals surface area contributed by atoms with Gasteiger partial charge in [0.25, 0.3) is 5.91 Å². The fourth-order valence-corrected chi connectivity index (χ4v) is 5.78. The average molecular weight is 476 g/mol. The van der Waals surface area contributed by atoms with E-state index in [0.717, 1.165) is 11.1 Å². The van der Waals surface area contributed by atoms with E-state index in [1.165, 1.54) is 0 Å². The summed E-state index contributed by atoms with van der Waals surface area (Å²) in [5, 5.41) is 44.2. The van der Waals surface area contributed by atoms with E-state index in [0.29, 0.717) is 11.1 Å². The van der Waals surface area contributed by atoms with Crippen LogP contribution in [0.2, 0.25) is 0 Å². The van der Waals surface area contributed by atoms with Crippen LogP contribution in [0.3, 0.4) is 0 Å². The number of carbonyl (C=O) groups is 3. The molecule has 1 saturated carbocycles. The second kappa shape index (κ2) is 7.79. The summed E-state index contributed by atoms with van der Waals surface area (Å²) in [4.78, 5) is 37.8. The highest BCUT2D eigenvalue weighted by molar-refractivity contribution is 6.22. The van der Waals surface area contributed by atoms with E-state index in [1.807, 2.05) is 30.3 Å². The van der Waals surface area contributed by atoms with Crippen molar-refractivity contribution in [2.24, 2.45) is 23.3 Å². The number of benzene rings is 2. The number of nitrogens with two attached hydrogens (primary N) is 2. The molecule has 0 saturated heterocycles. The number of phenolic OH excluding ortho intramolecular Hbond substituents is 1. The van der Waals surface area contributed by atoms with Gasteiger partial charge in [0, 0.05) is 30.0 Å². The van der Waals surface area contributed by atoms with Crippen molar-refractivity contribution in [3.05, 3.63) is 70.0 Å². The third kappa shape index (κ3) is 3.05. The molecule has 1 unspecified atom stereocenters. The van der Waals surface area contributed by atoms with Crippen LogP contribution in [0.4, 0.5) is 0 Å². The van der Waals surface area contributed by atoms with Crippen molar-refractivity contribution in [1.82, 2.24) is 0 Å². The summed E-state index contributed by atoms with van der Waals surface area (Å²) in [7, 11) is 0. The van der Waals surface area contributed by atoms with E-state index in [2.05, 4.69) is 0 Å². The summed E-state index contributed by atoms with van der Waals surface area (Å²) < 4.78 is 0. The first kappa shape index (κ1) is 22.8. The molecule has 5 rings (SSSR count). The fourth-order valence-electron chi connectivity index (χ4n) is 5.78. The highest BCUT2D eigenvalue weighted by atomic mass is 16.3. The SMILES string of the molecule is NCc1cc(-c2ccccc2)c2c(c1O)C(O)=C1C(=O)[C@]3(O)C(O)=C(C(N)=O)C(=O)C[C@@H]3CC1C2. The van der Waals surface area contributed by atoms with Gasteiger partial charge in [-0.05, 0) is 41.5 Å². The summed E-state index contributed by atoms with van der Waals surface area (Å²) in [5.41, 5.74) is 10.0. The Morgan fingerprint density at radius 1 is 1.09 bits per heavy atom. The van der Waals surface area contributed by atoms with E-state index in [1.54, 1.807) is 6.07 Å². The average Bonchev–Trinajstić information content (AvgIpc) is 2.82. The highest BCUT2D eigenvalue weighted by Crippen LogP contribution is 2.53.